The quantitative estimate of drug-likeness (QED) is 0.532. The van der Waals surface area contributed by atoms with E-state index in [-0.39, 0.29) is 23.3 Å². The van der Waals surface area contributed by atoms with Crippen molar-refractivity contribution < 1.29 is 13.6 Å². The molecule has 4 aromatic heterocycles. The van der Waals surface area contributed by atoms with E-state index in [0.29, 0.717) is 30.9 Å². The lowest BCUT2D eigenvalue weighted by atomic mass is 9.99. The Labute approximate surface area is 176 Å². The van der Waals surface area contributed by atoms with Gasteiger partial charge in [0, 0.05) is 31.4 Å². The lowest BCUT2D eigenvalue weighted by molar-refractivity contribution is -0.124. The summed E-state index contributed by atoms with van der Waals surface area (Å²) in [7, 11) is 0. The highest BCUT2D eigenvalue weighted by Crippen LogP contribution is 2.25. The van der Waals surface area contributed by atoms with E-state index in [1.165, 1.54) is 10.5 Å². The summed E-state index contributed by atoms with van der Waals surface area (Å²) < 4.78 is 30.4. The Morgan fingerprint density at radius 2 is 1.97 bits per heavy atom. The van der Waals surface area contributed by atoms with Crippen molar-refractivity contribution in [1.29, 1.82) is 0 Å². The number of alkyl halides is 1. The van der Waals surface area contributed by atoms with E-state index in [9.17, 15) is 13.6 Å². The van der Waals surface area contributed by atoms with Crippen LogP contribution >= 0.6 is 0 Å². The predicted molar refractivity (Wildman–Crippen MR) is 111 cm³/mol. The summed E-state index contributed by atoms with van der Waals surface area (Å²) in [5, 5.41) is 7.28. The fourth-order valence-electron chi connectivity index (χ4n) is 3.91. The molecule has 1 aliphatic heterocycles. The topological polar surface area (TPSA) is 79.8 Å². The van der Waals surface area contributed by atoms with Gasteiger partial charge in [-0.05, 0) is 31.5 Å². The highest BCUT2D eigenvalue weighted by atomic mass is 19.1. The average Bonchev–Trinajstić information content (AvgIpc) is 3.27. The first-order valence-corrected chi connectivity index (χ1v) is 10.0. The molecule has 4 aromatic rings. The number of halogens is 2. The van der Waals surface area contributed by atoms with Gasteiger partial charge in [0.2, 0.25) is 5.91 Å². The fraction of sp³-hybridized carbons (Fsp3) is 0.333. The minimum Gasteiger partial charge on any atom is -0.309 e. The molecule has 10 heteroatoms. The maximum atomic E-state index is 14.8. The van der Waals surface area contributed by atoms with Crippen LogP contribution < -0.4 is 5.32 Å². The fourth-order valence-corrected chi connectivity index (χ4v) is 3.91. The number of imidazole rings is 2. The maximum Gasteiger partial charge on any atom is 0.231 e. The summed E-state index contributed by atoms with van der Waals surface area (Å²) >= 11 is 0. The molecule has 5 heterocycles. The summed E-state index contributed by atoms with van der Waals surface area (Å²) in [4.78, 5) is 22.9. The molecule has 0 radical (unpaired) electrons. The van der Waals surface area contributed by atoms with Gasteiger partial charge < -0.3 is 9.72 Å². The van der Waals surface area contributed by atoms with E-state index in [4.69, 9.17) is 0 Å². The predicted octanol–water partition coefficient (Wildman–Crippen LogP) is 2.64. The van der Waals surface area contributed by atoms with E-state index < -0.39 is 12.5 Å². The average molecular weight is 425 g/mol. The molecular formula is C21H21F2N7O. The number of anilines is 1. The summed E-state index contributed by atoms with van der Waals surface area (Å²) in [6, 6.07) is 3.24. The van der Waals surface area contributed by atoms with Gasteiger partial charge >= 0.3 is 0 Å². The smallest absolute Gasteiger partial charge is 0.231 e. The van der Waals surface area contributed by atoms with Crippen LogP contribution in [0.5, 0.6) is 0 Å². The molecule has 31 heavy (non-hydrogen) atoms. The van der Waals surface area contributed by atoms with Crippen LogP contribution in [-0.4, -0.2) is 61.1 Å². The third-order valence-corrected chi connectivity index (χ3v) is 5.51. The number of carbonyl (C=O) groups is 1. The Bertz CT molecular complexity index is 1310. The van der Waals surface area contributed by atoms with Gasteiger partial charge in [-0.2, -0.15) is 5.10 Å². The van der Waals surface area contributed by atoms with Crippen molar-refractivity contribution in [2.24, 2.45) is 5.92 Å². The Balaban J connectivity index is 1.42. The second-order valence-corrected chi connectivity index (χ2v) is 7.93. The Morgan fingerprint density at radius 3 is 2.74 bits per heavy atom. The minimum absolute atomic E-state index is 0.114. The minimum atomic E-state index is -0.517. The van der Waals surface area contributed by atoms with Gasteiger partial charge in [0.05, 0.1) is 29.7 Å². The number of rotatable bonds is 5. The third-order valence-electron chi connectivity index (χ3n) is 5.51. The molecule has 0 aromatic carbocycles. The van der Waals surface area contributed by atoms with Gasteiger partial charge in [0.1, 0.15) is 6.67 Å². The van der Waals surface area contributed by atoms with E-state index in [1.807, 2.05) is 31.0 Å². The summed E-state index contributed by atoms with van der Waals surface area (Å²) in [6.45, 7) is 4.77. The number of amides is 1. The number of hydrogen-bond donors (Lipinski definition) is 1. The van der Waals surface area contributed by atoms with Crippen LogP contribution in [0.3, 0.4) is 0 Å². The number of fused-ring (bicyclic) bond motifs is 2. The first-order valence-electron chi connectivity index (χ1n) is 10.0. The zero-order valence-corrected chi connectivity index (χ0v) is 17.1. The molecule has 1 amide bonds. The number of likely N-dealkylation sites (tertiary alicyclic amines) is 1. The largest absolute Gasteiger partial charge is 0.309 e. The summed E-state index contributed by atoms with van der Waals surface area (Å²) in [6.07, 6.45) is 5.12. The molecule has 0 spiro atoms. The Morgan fingerprint density at radius 1 is 1.16 bits per heavy atom. The molecule has 1 aliphatic rings. The molecular weight excluding hydrogens is 404 g/mol. The van der Waals surface area contributed by atoms with Crippen molar-refractivity contribution in [3.63, 3.8) is 0 Å². The molecule has 1 fully saturated rings. The molecule has 0 saturated carbocycles. The lowest BCUT2D eigenvalue weighted by Crippen LogP contribution is -2.52. The van der Waals surface area contributed by atoms with Crippen molar-refractivity contribution in [3.8, 4) is 11.3 Å². The van der Waals surface area contributed by atoms with Gasteiger partial charge in [-0.25, -0.2) is 23.3 Å². The molecule has 5 rings (SSSR count). The van der Waals surface area contributed by atoms with Crippen LogP contribution in [0.4, 0.5) is 14.6 Å². The van der Waals surface area contributed by atoms with Gasteiger partial charge in [-0.1, -0.05) is 0 Å². The normalized spacial score (nSPS) is 15.0. The molecule has 1 saturated heterocycles. The lowest BCUT2D eigenvalue weighted by Gasteiger charge is -2.37. The van der Waals surface area contributed by atoms with Crippen LogP contribution in [-0.2, 0) is 4.79 Å². The number of pyridine rings is 1. The van der Waals surface area contributed by atoms with E-state index in [1.54, 1.807) is 16.9 Å². The standard InChI is InChI=1S/C21H21F2N7O/c1-12-5-17(27-30-7-13(2)24-19(12)30)14-6-16(23)20-25-18(11-29(20)10-14)26-21(31)15-8-28(9-15)4-3-22/h5-7,10-11,15H,3-4,8-9H2,1-2H3,(H,26,31). The molecule has 0 bridgehead atoms. The summed E-state index contributed by atoms with van der Waals surface area (Å²) in [5.74, 6) is -0.654. The van der Waals surface area contributed by atoms with Gasteiger partial charge in [0.25, 0.3) is 0 Å². The SMILES string of the molecule is Cc1cn2nc(-c3cc(F)c4nc(NC(=O)C5CN(CCF)C5)cn4c3)cc(C)c2n1. The highest BCUT2D eigenvalue weighted by Gasteiger charge is 2.32. The second-order valence-electron chi connectivity index (χ2n) is 7.93. The number of nitrogens with zero attached hydrogens (tertiary/aromatic N) is 6. The van der Waals surface area contributed by atoms with E-state index in [0.717, 1.165) is 16.9 Å². The molecule has 0 atom stereocenters. The van der Waals surface area contributed by atoms with Crippen molar-refractivity contribution in [2.75, 3.05) is 31.6 Å². The maximum absolute atomic E-state index is 14.8. The van der Waals surface area contributed by atoms with Gasteiger partial charge in [0.15, 0.2) is 22.9 Å². The third kappa shape index (κ3) is 3.52. The van der Waals surface area contributed by atoms with Crippen molar-refractivity contribution >= 4 is 23.0 Å². The van der Waals surface area contributed by atoms with E-state index in [2.05, 4.69) is 20.4 Å². The van der Waals surface area contributed by atoms with Crippen molar-refractivity contribution in [2.45, 2.75) is 13.8 Å². The monoisotopic (exact) mass is 425 g/mol. The van der Waals surface area contributed by atoms with Crippen LogP contribution in [0.1, 0.15) is 11.3 Å². The number of hydrogen-bond acceptors (Lipinski definition) is 5. The summed E-state index contributed by atoms with van der Waals surface area (Å²) in [5.41, 5.74) is 3.84. The highest BCUT2D eigenvalue weighted by molar-refractivity contribution is 5.92. The molecule has 1 N–H and O–H groups in total. The number of aryl methyl sites for hydroxylation is 2. The number of carbonyl (C=O) groups excluding carboxylic acids is 1. The first kappa shape index (κ1) is 19.6. The van der Waals surface area contributed by atoms with Crippen LogP contribution in [0, 0.1) is 25.6 Å². The van der Waals surface area contributed by atoms with Gasteiger partial charge in [-0.3, -0.25) is 9.69 Å². The molecule has 0 unspecified atom stereocenters. The molecule has 160 valence electrons. The number of nitrogens with one attached hydrogen (secondary N) is 1. The van der Waals surface area contributed by atoms with Crippen molar-refractivity contribution in [3.05, 3.63) is 47.8 Å². The van der Waals surface area contributed by atoms with Crippen molar-refractivity contribution in [1.82, 2.24) is 28.9 Å². The van der Waals surface area contributed by atoms with E-state index >= 15 is 0 Å². The van der Waals surface area contributed by atoms with Gasteiger partial charge in [-0.15, -0.1) is 0 Å². The Kier molecular flexibility index (Phi) is 4.66. The second kappa shape index (κ2) is 7.38. The first-order chi connectivity index (χ1) is 14.9. The van der Waals surface area contributed by atoms with Crippen LogP contribution in [0.2, 0.25) is 0 Å². The Hall–Kier alpha value is -3.40. The molecule has 8 nitrogen and oxygen atoms in total. The number of aromatic nitrogens is 5. The van der Waals surface area contributed by atoms with Crippen LogP contribution in [0.25, 0.3) is 22.6 Å². The zero-order chi connectivity index (χ0) is 21.7. The zero-order valence-electron chi connectivity index (χ0n) is 17.1. The molecule has 0 aliphatic carbocycles. The van der Waals surface area contributed by atoms with Crippen LogP contribution in [0.15, 0.2) is 30.7 Å².